The first-order valence-electron chi connectivity index (χ1n) is 7.08. The third-order valence-corrected chi connectivity index (χ3v) is 4.14. The largest absolute Gasteiger partial charge is 0.353 e. The second-order valence-corrected chi connectivity index (χ2v) is 6.10. The number of thioether (sulfide) groups is 1. The van der Waals surface area contributed by atoms with Crippen molar-refractivity contribution < 1.29 is 4.79 Å². The van der Waals surface area contributed by atoms with E-state index in [2.05, 4.69) is 20.6 Å². The molecule has 0 aromatic carbocycles. The average molecular weight is 323 g/mol. The summed E-state index contributed by atoms with van der Waals surface area (Å²) in [5.74, 6) is 6.63. The molecule has 120 valence electrons. The number of aryl methyl sites for hydroxylation is 2. The fourth-order valence-corrected chi connectivity index (χ4v) is 2.56. The number of nitrogen functional groups attached to an aromatic ring is 1. The number of nitrogens with zero attached hydrogens (tertiary/aromatic N) is 5. The van der Waals surface area contributed by atoms with Crippen LogP contribution in [0, 0.1) is 13.8 Å². The standard InChI is InChI=1S/C13H21N7OS/c1-5-8(2)15-11(21)7-22-13-17-16-12(19(13)14)20-10(4)6-9(3)18-20/h6,8H,5,7,14H2,1-4H3,(H,15,21). The molecular weight excluding hydrogens is 302 g/mol. The first-order valence-corrected chi connectivity index (χ1v) is 8.07. The molecule has 0 saturated carbocycles. The van der Waals surface area contributed by atoms with Crippen LogP contribution in [0.3, 0.4) is 0 Å². The van der Waals surface area contributed by atoms with E-state index < -0.39 is 0 Å². The number of hydrogen-bond donors (Lipinski definition) is 2. The summed E-state index contributed by atoms with van der Waals surface area (Å²) in [7, 11) is 0. The van der Waals surface area contributed by atoms with Crippen molar-refractivity contribution in [1.29, 1.82) is 0 Å². The summed E-state index contributed by atoms with van der Waals surface area (Å²) in [6, 6.07) is 2.09. The highest BCUT2D eigenvalue weighted by Crippen LogP contribution is 2.17. The Morgan fingerprint density at radius 3 is 2.77 bits per heavy atom. The molecule has 1 atom stereocenters. The normalized spacial score (nSPS) is 12.4. The van der Waals surface area contributed by atoms with E-state index in [0.29, 0.717) is 11.1 Å². The van der Waals surface area contributed by atoms with Gasteiger partial charge in [0.2, 0.25) is 11.1 Å². The first-order chi connectivity index (χ1) is 10.4. The number of amides is 1. The molecule has 0 aliphatic carbocycles. The molecular formula is C13H21N7OS. The molecule has 2 rings (SSSR count). The highest BCUT2D eigenvalue weighted by molar-refractivity contribution is 7.99. The van der Waals surface area contributed by atoms with Crippen LogP contribution >= 0.6 is 11.8 Å². The van der Waals surface area contributed by atoms with Crippen LogP contribution in [0.15, 0.2) is 11.2 Å². The minimum absolute atomic E-state index is 0.0463. The minimum Gasteiger partial charge on any atom is -0.353 e. The number of nitrogens with one attached hydrogen (secondary N) is 1. The van der Waals surface area contributed by atoms with E-state index >= 15 is 0 Å². The van der Waals surface area contributed by atoms with Crippen LogP contribution in [0.25, 0.3) is 5.95 Å². The van der Waals surface area contributed by atoms with Gasteiger partial charge in [-0.2, -0.15) is 5.10 Å². The maximum atomic E-state index is 11.8. The number of aromatic nitrogens is 5. The number of nitrogens with two attached hydrogens (primary N) is 1. The minimum atomic E-state index is -0.0463. The van der Waals surface area contributed by atoms with E-state index in [1.807, 2.05) is 33.8 Å². The van der Waals surface area contributed by atoms with Crippen molar-refractivity contribution >= 4 is 17.7 Å². The molecule has 2 aromatic rings. The van der Waals surface area contributed by atoms with Crippen LogP contribution in [0.5, 0.6) is 0 Å². The van der Waals surface area contributed by atoms with Gasteiger partial charge >= 0.3 is 0 Å². The monoisotopic (exact) mass is 323 g/mol. The first kappa shape index (κ1) is 16.3. The van der Waals surface area contributed by atoms with Crippen molar-refractivity contribution in [1.82, 2.24) is 30.0 Å². The van der Waals surface area contributed by atoms with Crippen LogP contribution in [-0.4, -0.2) is 42.4 Å². The van der Waals surface area contributed by atoms with Crippen LogP contribution in [0.1, 0.15) is 31.7 Å². The Bertz CT molecular complexity index is 663. The Kier molecular flexibility index (Phi) is 5.07. The zero-order valence-electron chi connectivity index (χ0n) is 13.2. The van der Waals surface area contributed by atoms with Gasteiger partial charge in [0.25, 0.3) is 5.95 Å². The van der Waals surface area contributed by atoms with Gasteiger partial charge in [0, 0.05) is 11.7 Å². The molecule has 22 heavy (non-hydrogen) atoms. The van der Waals surface area contributed by atoms with Gasteiger partial charge in [-0.25, -0.2) is 9.36 Å². The van der Waals surface area contributed by atoms with Gasteiger partial charge < -0.3 is 11.2 Å². The molecule has 8 nitrogen and oxygen atoms in total. The molecule has 2 aromatic heterocycles. The zero-order valence-corrected chi connectivity index (χ0v) is 14.0. The fourth-order valence-electron chi connectivity index (χ4n) is 1.89. The average Bonchev–Trinajstić information content (AvgIpc) is 2.98. The Morgan fingerprint density at radius 1 is 1.45 bits per heavy atom. The third kappa shape index (κ3) is 3.59. The summed E-state index contributed by atoms with van der Waals surface area (Å²) in [6.45, 7) is 7.81. The SMILES string of the molecule is CCC(C)NC(=O)CSc1nnc(-n2nc(C)cc2C)n1N. The highest BCUT2D eigenvalue weighted by atomic mass is 32.2. The van der Waals surface area contributed by atoms with Gasteiger partial charge in [-0.15, -0.1) is 10.2 Å². The molecule has 3 N–H and O–H groups in total. The molecule has 0 fully saturated rings. The summed E-state index contributed by atoms with van der Waals surface area (Å²) in [5.41, 5.74) is 1.80. The predicted molar refractivity (Wildman–Crippen MR) is 85.4 cm³/mol. The van der Waals surface area contributed by atoms with Crippen molar-refractivity contribution in [3.8, 4) is 5.95 Å². The molecule has 2 heterocycles. The molecule has 0 radical (unpaired) electrons. The smallest absolute Gasteiger partial charge is 0.271 e. The summed E-state index contributed by atoms with van der Waals surface area (Å²) in [4.78, 5) is 11.8. The lowest BCUT2D eigenvalue weighted by Gasteiger charge is -2.10. The summed E-state index contributed by atoms with van der Waals surface area (Å²) < 4.78 is 2.98. The molecule has 1 amide bonds. The second kappa shape index (κ2) is 6.82. The quantitative estimate of drug-likeness (QED) is 0.602. The van der Waals surface area contributed by atoms with E-state index in [4.69, 9.17) is 5.84 Å². The number of hydrogen-bond acceptors (Lipinski definition) is 6. The molecule has 1 unspecified atom stereocenters. The van der Waals surface area contributed by atoms with E-state index in [9.17, 15) is 4.79 Å². The summed E-state index contributed by atoms with van der Waals surface area (Å²) in [6.07, 6.45) is 0.894. The molecule has 0 spiro atoms. The van der Waals surface area contributed by atoms with Gasteiger partial charge in [-0.1, -0.05) is 18.7 Å². The number of carbonyl (C=O) groups is 1. The van der Waals surface area contributed by atoms with Crippen LogP contribution in [0.2, 0.25) is 0 Å². The molecule has 0 aliphatic heterocycles. The van der Waals surface area contributed by atoms with Crippen molar-refractivity contribution in [2.24, 2.45) is 0 Å². The van der Waals surface area contributed by atoms with Gasteiger partial charge in [-0.3, -0.25) is 4.79 Å². The second-order valence-electron chi connectivity index (χ2n) is 5.16. The molecule has 0 bridgehead atoms. The van der Waals surface area contributed by atoms with Gasteiger partial charge in [0.1, 0.15) is 0 Å². The predicted octanol–water partition coefficient (Wildman–Crippen LogP) is 0.801. The maximum absolute atomic E-state index is 11.8. The zero-order chi connectivity index (χ0) is 16.3. The topological polar surface area (TPSA) is 104 Å². The van der Waals surface area contributed by atoms with Crippen molar-refractivity contribution in [3.63, 3.8) is 0 Å². The fraction of sp³-hybridized carbons (Fsp3) is 0.538. The summed E-state index contributed by atoms with van der Waals surface area (Å²) in [5, 5.41) is 15.8. The number of rotatable bonds is 6. The van der Waals surface area contributed by atoms with Crippen molar-refractivity contribution in [2.75, 3.05) is 11.6 Å². The van der Waals surface area contributed by atoms with Crippen molar-refractivity contribution in [3.05, 3.63) is 17.5 Å². The van der Waals surface area contributed by atoms with Crippen LogP contribution in [-0.2, 0) is 4.79 Å². The van der Waals surface area contributed by atoms with E-state index in [-0.39, 0.29) is 17.7 Å². The van der Waals surface area contributed by atoms with Gasteiger partial charge in [-0.05, 0) is 33.3 Å². The highest BCUT2D eigenvalue weighted by Gasteiger charge is 2.16. The summed E-state index contributed by atoms with van der Waals surface area (Å²) >= 11 is 1.25. The van der Waals surface area contributed by atoms with Crippen LogP contribution < -0.4 is 11.2 Å². The molecule has 0 saturated heterocycles. The Hall–Kier alpha value is -2.03. The Labute approximate surface area is 133 Å². The molecule has 0 aliphatic rings. The van der Waals surface area contributed by atoms with Gasteiger partial charge in [0.05, 0.1) is 11.4 Å². The molecule has 9 heteroatoms. The van der Waals surface area contributed by atoms with E-state index in [1.54, 1.807) is 4.68 Å². The maximum Gasteiger partial charge on any atom is 0.271 e. The van der Waals surface area contributed by atoms with Crippen LogP contribution in [0.4, 0.5) is 0 Å². The third-order valence-electron chi connectivity index (χ3n) is 3.20. The Balaban J connectivity index is 2.05. The lowest BCUT2D eigenvalue weighted by molar-refractivity contribution is -0.119. The van der Waals surface area contributed by atoms with Crippen molar-refractivity contribution in [2.45, 2.75) is 45.3 Å². The van der Waals surface area contributed by atoms with E-state index in [0.717, 1.165) is 17.8 Å². The number of carbonyl (C=O) groups excluding carboxylic acids is 1. The Morgan fingerprint density at radius 2 is 2.18 bits per heavy atom. The lowest BCUT2D eigenvalue weighted by Crippen LogP contribution is -2.33. The van der Waals surface area contributed by atoms with E-state index in [1.165, 1.54) is 16.4 Å². The lowest BCUT2D eigenvalue weighted by atomic mass is 10.3. The van der Waals surface area contributed by atoms with Gasteiger partial charge in [0.15, 0.2) is 0 Å².